The monoisotopic (exact) mass is 402 g/mol. The van der Waals surface area contributed by atoms with Gasteiger partial charge in [-0.25, -0.2) is 4.79 Å². The molecule has 0 radical (unpaired) electrons. The first-order valence-electron chi connectivity index (χ1n) is 9.70. The summed E-state index contributed by atoms with van der Waals surface area (Å²) < 4.78 is 1.36. The molecule has 1 saturated carbocycles. The fourth-order valence-corrected chi connectivity index (χ4v) is 4.22. The molecule has 0 unspecified atom stereocenters. The minimum Gasteiger partial charge on any atom is -0.383 e. The smallest absolute Gasteiger partial charge is 0.330 e. The predicted molar refractivity (Wildman–Crippen MR) is 114 cm³/mol. The average Bonchev–Trinajstić information content (AvgIpc) is 3.36. The molecule has 1 fully saturated rings. The summed E-state index contributed by atoms with van der Waals surface area (Å²) >= 11 is 1.53. The summed E-state index contributed by atoms with van der Waals surface area (Å²) in [5, 5.41) is 1.94. The first kappa shape index (κ1) is 20.1. The first-order valence-corrected chi connectivity index (χ1v) is 10.6. The minimum atomic E-state index is -0.611. The van der Waals surface area contributed by atoms with Gasteiger partial charge in [-0.1, -0.05) is 32.3 Å². The molecular weight excluding hydrogens is 376 g/mol. The van der Waals surface area contributed by atoms with Crippen molar-refractivity contribution in [3.63, 3.8) is 0 Å². The molecule has 2 aromatic heterocycles. The van der Waals surface area contributed by atoms with Crippen molar-refractivity contribution in [2.45, 2.75) is 58.0 Å². The second kappa shape index (κ2) is 9.05. The lowest BCUT2D eigenvalue weighted by Crippen LogP contribution is -2.45. The lowest BCUT2D eigenvalue weighted by Gasteiger charge is -2.29. The molecule has 0 aromatic carbocycles. The van der Waals surface area contributed by atoms with Crippen LogP contribution in [0.4, 0.5) is 11.5 Å². The van der Waals surface area contributed by atoms with E-state index in [1.807, 2.05) is 24.4 Å². The van der Waals surface area contributed by atoms with Crippen LogP contribution in [0.15, 0.2) is 33.2 Å². The van der Waals surface area contributed by atoms with Crippen LogP contribution in [0.1, 0.15) is 50.3 Å². The van der Waals surface area contributed by atoms with Crippen molar-refractivity contribution in [1.29, 1.82) is 0 Å². The molecule has 28 heavy (non-hydrogen) atoms. The Hall–Kier alpha value is -2.61. The Kier molecular flexibility index (Phi) is 6.51. The molecule has 1 amide bonds. The summed E-state index contributed by atoms with van der Waals surface area (Å²) in [5.41, 5.74) is 5.19. The molecule has 3 N–H and O–H groups in total. The molecule has 0 saturated heterocycles. The number of aromatic nitrogens is 2. The van der Waals surface area contributed by atoms with Gasteiger partial charge in [-0.15, -0.1) is 11.3 Å². The van der Waals surface area contributed by atoms with Crippen molar-refractivity contribution in [1.82, 2.24) is 9.55 Å². The van der Waals surface area contributed by atoms with E-state index >= 15 is 0 Å². The summed E-state index contributed by atoms with van der Waals surface area (Å²) in [6, 6.07) is 3.73. The predicted octanol–water partition coefficient (Wildman–Crippen LogP) is 2.97. The quantitative estimate of drug-likeness (QED) is 0.695. The molecule has 8 heteroatoms. The molecule has 3 rings (SSSR count). The zero-order chi connectivity index (χ0) is 20.1. The van der Waals surface area contributed by atoms with Gasteiger partial charge in [0.2, 0.25) is 0 Å². The minimum absolute atomic E-state index is 0.0620. The number of nitrogen functional groups attached to an aromatic ring is 1. The van der Waals surface area contributed by atoms with Crippen molar-refractivity contribution in [3.05, 3.63) is 49.3 Å². The van der Waals surface area contributed by atoms with Crippen LogP contribution in [-0.2, 0) is 11.3 Å². The normalized spacial score (nSPS) is 14.8. The zero-order valence-electron chi connectivity index (χ0n) is 16.0. The number of amides is 1. The lowest BCUT2D eigenvalue weighted by atomic mass is 10.1. The molecular formula is C20H26N4O3S. The van der Waals surface area contributed by atoms with E-state index in [1.165, 1.54) is 26.9 Å². The largest absolute Gasteiger partial charge is 0.383 e. The van der Waals surface area contributed by atoms with E-state index < -0.39 is 11.2 Å². The number of anilines is 2. The van der Waals surface area contributed by atoms with Crippen molar-refractivity contribution in [2.24, 2.45) is 0 Å². The number of nitrogens with one attached hydrogen (secondary N) is 1. The number of hydrogen-bond donors (Lipinski definition) is 2. The number of rotatable bonds is 7. The number of nitrogens with two attached hydrogens (primary N) is 1. The average molecular weight is 403 g/mol. The van der Waals surface area contributed by atoms with E-state index in [4.69, 9.17) is 5.73 Å². The van der Waals surface area contributed by atoms with Gasteiger partial charge in [-0.2, -0.15) is 0 Å². The highest BCUT2D eigenvalue weighted by molar-refractivity contribution is 7.10. The number of hydrogen-bond acceptors (Lipinski definition) is 5. The molecule has 1 aliphatic carbocycles. The Bertz CT molecular complexity index is 953. The third kappa shape index (κ3) is 4.27. The topological polar surface area (TPSA) is 101 Å². The third-order valence-electron chi connectivity index (χ3n) is 5.05. The maximum Gasteiger partial charge on any atom is 0.330 e. The van der Waals surface area contributed by atoms with Crippen molar-refractivity contribution >= 4 is 34.8 Å². The van der Waals surface area contributed by atoms with Gasteiger partial charge in [0.1, 0.15) is 5.82 Å². The Morgan fingerprint density at radius 3 is 2.79 bits per heavy atom. The van der Waals surface area contributed by atoms with Crippen molar-refractivity contribution < 1.29 is 4.79 Å². The molecule has 2 aromatic rings. The van der Waals surface area contributed by atoms with Gasteiger partial charge in [0.15, 0.2) is 5.69 Å². The number of aromatic amines is 1. The standard InChI is InChI=1S/C20H26N4O3S/c1-2-3-12-23-18(21)17(19(26)22-20(23)27)24(14-7-4-5-8-14)16(25)11-10-15-9-6-13-28-15/h6,9-11,13-14H,2-5,7-8,12,21H2,1H3,(H,22,26,27)/b11-10+. The lowest BCUT2D eigenvalue weighted by molar-refractivity contribution is -0.114. The van der Waals surface area contributed by atoms with Crippen LogP contribution in [0.2, 0.25) is 0 Å². The molecule has 2 heterocycles. The summed E-state index contributed by atoms with van der Waals surface area (Å²) in [4.78, 5) is 42.8. The highest BCUT2D eigenvalue weighted by atomic mass is 32.1. The van der Waals surface area contributed by atoms with Crippen LogP contribution in [0, 0.1) is 0 Å². The molecule has 150 valence electrons. The van der Waals surface area contributed by atoms with Crippen LogP contribution < -0.4 is 21.9 Å². The summed E-state index contributed by atoms with van der Waals surface area (Å²) in [6.07, 6.45) is 8.47. The Labute approximate surface area is 167 Å². The number of unbranched alkanes of at least 4 members (excludes halogenated alkanes) is 1. The Morgan fingerprint density at radius 1 is 1.39 bits per heavy atom. The van der Waals surface area contributed by atoms with Crippen LogP contribution in [0.25, 0.3) is 6.08 Å². The van der Waals surface area contributed by atoms with Gasteiger partial charge in [0.05, 0.1) is 0 Å². The van der Waals surface area contributed by atoms with Gasteiger partial charge in [0.25, 0.3) is 11.5 Å². The number of thiophene rings is 1. The molecule has 0 bridgehead atoms. The van der Waals surface area contributed by atoms with Crippen LogP contribution in [0.3, 0.4) is 0 Å². The highest BCUT2D eigenvalue weighted by Crippen LogP contribution is 2.29. The van der Waals surface area contributed by atoms with Gasteiger partial charge in [-0.05, 0) is 36.8 Å². The van der Waals surface area contributed by atoms with Gasteiger partial charge >= 0.3 is 5.69 Å². The Balaban J connectivity index is 2.04. The fourth-order valence-electron chi connectivity index (χ4n) is 3.60. The second-order valence-corrected chi connectivity index (χ2v) is 7.97. The van der Waals surface area contributed by atoms with Crippen LogP contribution in [-0.4, -0.2) is 21.5 Å². The SMILES string of the molecule is CCCCn1c(N)c(N(C(=O)/C=C/c2cccs2)C2CCCC2)c(=O)[nH]c1=O. The van der Waals surface area contributed by atoms with Gasteiger partial charge in [-0.3, -0.25) is 24.0 Å². The number of nitrogens with zero attached hydrogens (tertiary/aromatic N) is 2. The number of H-pyrrole nitrogens is 1. The zero-order valence-corrected chi connectivity index (χ0v) is 16.8. The van der Waals surface area contributed by atoms with Crippen LogP contribution in [0.5, 0.6) is 0 Å². The first-order chi connectivity index (χ1) is 13.5. The summed E-state index contributed by atoms with van der Waals surface area (Å²) in [7, 11) is 0. The molecule has 0 spiro atoms. The number of carbonyl (C=O) groups excluding carboxylic acids is 1. The van der Waals surface area contributed by atoms with E-state index in [0.717, 1.165) is 43.4 Å². The highest BCUT2D eigenvalue weighted by Gasteiger charge is 2.31. The van der Waals surface area contributed by atoms with E-state index in [-0.39, 0.29) is 23.5 Å². The van der Waals surface area contributed by atoms with Crippen molar-refractivity contribution in [3.8, 4) is 0 Å². The summed E-state index contributed by atoms with van der Waals surface area (Å²) in [6.45, 7) is 2.42. The third-order valence-corrected chi connectivity index (χ3v) is 5.89. The maximum atomic E-state index is 13.1. The molecule has 7 nitrogen and oxygen atoms in total. The number of carbonyl (C=O) groups is 1. The Morgan fingerprint density at radius 2 is 2.14 bits per heavy atom. The van der Waals surface area contributed by atoms with Crippen molar-refractivity contribution in [2.75, 3.05) is 10.6 Å². The van der Waals surface area contributed by atoms with E-state index in [0.29, 0.717) is 6.54 Å². The maximum absolute atomic E-state index is 13.1. The fraction of sp³-hybridized carbons (Fsp3) is 0.450. The molecule has 0 atom stereocenters. The van der Waals surface area contributed by atoms with Crippen LogP contribution >= 0.6 is 11.3 Å². The van der Waals surface area contributed by atoms with E-state index in [1.54, 1.807) is 6.08 Å². The molecule has 1 aliphatic rings. The van der Waals surface area contributed by atoms with E-state index in [9.17, 15) is 14.4 Å². The van der Waals surface area contributed by atoms with Gasteiger partial charge < -0.3 is 5.73 Å². The van der Waals surface area contributed by atoms with Gasteiger partial charge in [0, 0.05) is 23.5 Å². The second-order valence-electron chi connectivity index (χ2n) is 6.99. The van der Waals surface area contributed by atoms with E-state index in [2.05, 4.69) is 4.98 Å². The molecule has 0 aliphatic heterocycles. The summed E-state index contributed by atoms with van der Waals surface area (Å²) in [5.74, 6) is -0.231.